The summed E-state index contributed by atoms with van der Waals surface area (Å²) in [6.45, 7) is 3.70. The highest BCUT2D eigenvalue weighted by molar-refractivity contribution is 6.04. The second kappa shape index (κ2) is 7.00. The molecule has 0 bridgehead atoms. The normalized spacial score (nSPS) is 10.3. The lowest BCUT2D eigenvalue weighted by Gasteiger charge is -2.08. The lowest BCUT2D eigenvalue weighted by Crippen LogP contribution is -2.12. The van der Waals surface area contributed by atoms with Crippen LogP contribution in [-0.2, 0) is 9.47 Å². The standard InChI is InChI=1S/C17H19NO5/c1-5-23-17(20)15-11(2)18(10-14(15)16(19)22-4)12-6-8-13(21-3)9-7-12/h6-10H,5H2,1-4H3. The molecular weight excluding hydrogens is 298 g/mol. The van der Waals surface area contributed by atoms with Crippen LogP contribution in [0.15, 0.2) is 30.5 Å². The van der Waals surface area contributed by atoms with Crippen LogP contribution in [0.4, 0.5) is 0 Å². The summed E-state index contributed by atoms with van der Waals surface area (Å²) in [6.07, 6.45) is 1.58. The minimum atomic E-state index is -0.580. The smallest absolute Gasteiger partial charge is 0.340 e. The molecule has 23 heavy (non-hydrogen) atoms. The van der Waals surface area contributed by atoms with Gasteiger partial charge >= 0.3 is 11.9 Å². The lowest BCUT2D eigenvalue weighted by molar-refractivity contribution is 0.0504. The van der Waals surface area contributed by atoms with Gasteiger partial charge in [0.1, 0.15) is 5.75 Å². The molecule has 1 heterocycles. The first-order valence-corrected chi connectivity index (χ1v) is 7.15. The maximum atomic E-state index is 12.2. The molecule has 0 amide bonds. The van der Waals surface area contributed by atoms with Gasteiger partial charge in [-0.3, -0.25) is 0 Å². The fourth-order valence-corrected chi connectivity index (χ4v) is 2.34. The predicted molar refractivity (Wildman–Crippen MR) is 84.4 cm³/mol. The Balaban J connectivity index is 2.56. The number of esters is 2. The maximum absolute atomic E-state index is 12.2. The average molecular weight is 317 g/mol. The third-order valence-corrected chi connectivity index (χ3v) is 3.49. The first-order chi connectivity index (χ1) is 11.0. The molecule has 0 fully saturated rings. The van der Waals surface area contributed by atoms with Gasteiger partial charge in [0, 0.05) is 17.6 Å². The van der Waals surface area contributed by atoms with Gasteiger partial charge in [-0.2, -0.15) is 0 Å². The van der Waals surface area contributed by atoms with Crippen molar-refractivity contribution in [3.63, 3.8) is 0 Å². The topological polar surface area (TPSA) is 66.8 Å². The second-order valence-electron chi connectivity index (χ2n) is 4.78. The molecule has 2 rings (SSSR count). The second-order valence-corrected chi connectivity index (χ2v) is 4.78. The summed E-state index contributed by atoms with van der Waals surface area (Å²) in [5.41, 5.74) is 1.80. The number of nitrogens with zero attached hydrogens (tertiary/aromatic N) is 1. The van der Waals surface area contributed by atoms with E-state index in [-0.39, 0.29) is 17.7 Å². The molecular formula is C17H19NO5. The maximum Gasteiger partial charge on any atom is 0.340 e. The first kappa shape index (κ1) is 16.6. The number of ether oxygens (including phenoxy) is 3. The zero-order valence-corrected chi connectivity index (χ0v) is 13.6. The van der Waals surface area contributed by atoms with Crippen molar-refractivity contribution in [3.8, 4) is 11.4 Å². The van der Waals surface area contributed by atoms with Crippen LogP contribution in [-0.4, -0.2) is 37.3 Å². The van der Waals surface area contributed by atoms with Crippen molar-refractivity contribution in [2.24, 2.45) is 0 Å². The minimum Gasteiger partial charge on any atom is -0.497 e. The van der Waals surface area contributed by atoms with Crippen LogP contribution >= 0.6 is 0 Å². The van der Waals surface area contributed by atoms with Gasteiger partial charge in [0.15, 0.2) is 0 Å². The molecule has 0 aliphatic heterocycles. The van der Waals surface area contributed by atoms with Gasteiger partial charge in [0.05, 0.1) is 32.0 Å². The van der Waals surface area contributed by atoms with E-state index in [2.05, 4.69) is 0 Å². The summed E-state index contributed by atoms with van der Waals surface area (Å²) in [5, 5.41) is 0. The van der Waals surface area contributed by atoms with E-state index in [0.717, 1.165) is 11.4 Å². The zero-order chi connectivity index (χ0) is 17.0. The van der Waals surface area contributed by atoms with Gasteiger partial charge in [-0.1, -0.05) is 0 Å². The van der Waals surface area contributed by atoms with Crippen LogP contribution in [0.1, 0.15) is 33.3 Å². The van der Waals surface area contributed by atoms with Crippen molar-refractivity contribution in [2.75, 3.05) is 20.8 Å². The lowest BCUT2D eigenvalue weighted by atomic mass is 10.1. The highest BCUT2D eigenvalue weighted by atomic mass is 16.5. The van der Waals surface area contributed by atoms with Crippen LogP contribution in [0.25, 0.3) is 5.69 Å². The number of hydrogen-bond acceptors (Lipinski definition) is 5. The van der Waals surface area contributed by atoms with Gasteiger partial charge in [-0.05, 0) is 38.1 Å². The Bertz CT molecular complexity index is 715. The first-order valence-electron chi connectivity index (χ1n) is 7.15. The SMILES string of the molecule is CCOC(=O)c1c(C(=O)OC)cn(-c2ccc(OC)cc2)c1C. The van der Waals surface area contributed by atoms with E-state index in [1.165, 1.54) is 7.11 Å². The summed E-state index contributed by atoms with van der Waals surface area (Å²) in [7, 11) is 2.86. The van der Waals surface area contributed by atoms with E-state index in [1.807, 2.05) is 12.1 Å². The molecule has 0 radical (unpaired) electrons. The summed E-state index contributed by atoms with van der Waals surface area (Å²) in [6, 6.07) is 7.27. The van der Waals surface area contributed by atoms with Crippen LogP contribution in [0.5, 0.6) is 5.75 Å². The van der Waals surface area contributed by atoms with E-state index >= 15 is 0 Å². The molecule has 0 saturated heterocycles. The van der Waals surface area contributed by atoms with Gasteiger partial charge in [0.25, 0.3) is 0 Å². The number of carbonyl (C=O) groups is 2. The number of rotatable bonds is 5. The Morgan fingerprint density at radius 3 is 2.26 bits per heavy atom. The molecule has 0 unspecified atom stereocenters. The van der Waals surface area contributed by atoms with Gasteiger partial charge < -0.3 is 18.8 Å². The molecule has 6 heteroatoms. The Hall–Kier alpha value is -2.76. The van der Waals surface area contributed by atoms with E-state index in [0.29, 0.717) is 5.69 Å². The summed E-state index contributed by atoms with van der Waals surface area (Å²) in [5.74, 6) is -0.404. The third kappa shape index (κ3) is 3.21. The van der Waals surface area contributed by atoms with E-state index in [9.17, 15) is 9.59 Å². The monoisotopic (exact) mass is 317 g/mol. The summed E-state index contributed by atoms with van der Waals surface area (Å²) in [4.78, 5) is 24.2. The molecule has 0 spiro atoms. The van der Waals surface area contributed by atoms with Gasteiger partial charge in [-0.15, -0.1) is 0 Å². The van der Waals surface area contributed by atoms with Crippen molar-refractivity contribution in [1.82, 2.24) is 4.57 Å². The van der Waals surface area contributed by atoms with Crippen LogP contribution in [0, 0.1) is 6.92 Å². The fourth-order valence-electron chi connectivity index (χ4n) is 2.34. The Labute approximate surface area is 134 Å². The van der Waals surface area contributed by atoms with E-state index in [4.69, 9.17) is 14.2 Å². The number of hydrogen-bond donors (Lipinski definition) is 0. The molecule has 6 nitrogen and oxygen atoms in total. The molecule has 1 aromatic carbocycles. The largest absolute Gasteiger partial charge is 0.497 e. The Morgan fingerprint density at radius 1 is 1.09 bits per heavy atom. The van der Waals surface area contributed by atoms with Crippen molar-refractivity contribution in [1.29, 1.82) is 0 Å². The number of aromatic nitrogens is 1. The van der Waals surface area contributed by atoms with Crippen LogP contribution in [0.3, 0.4) is 0 Å². The summed E-state index contributed by atoms with van der Waals surface area (Å²) >= 11 is 0. The Morgan fingerprint density at radius 2 is 1.74 bits per heavy atom. The van der Waals surface area contributed by atoms with Gasteiger partial charge in [0.2, 0.25) is 0 Å². The molecule has 0 atom stereocenters. The Kier molecular flexibility index (Phi) is 5.05. The summed E-state index contributed by atoms with van der Waals surface area (Å²) < 4.78 is 16.7. The number of benzene rings is 1. The van der Waals surface area contributed by atoms with Crippen molar-refractivity contribution < 1.29 is 23.8 Å². The number of carbonyl (C=O) groups excluding carboxylic acids is 2. The molecule has 122 valence electrons. The van der Waals surface area contributed by atoms with Crippen molar-refractivity contribution in [2.45, 2.75) is 13.8 Å². The minimum absolute atomic E-state index is 0.180. The highest BCUT2D eigenvalue weighted by Crippen LogP contribution is 2.24. The molecule has 0 aliphatic carbocycles. The van der Waals surface area contributed by atoms with Gasteiger partial charge in [-0.25, -0.2) is 9.59 Å². The molecule has 0 saturated carbocycles. The van der Waals surface area contributed by atoms with Crippen LogP contribution < -0.4 is 4.74 Å². The molecule has 0 aliphatic rings. The van der Waals surface area contributed by atoms with Crippen LogP contribution in [0.2, 0.25) is 0 Å². The fraction of sp³-hybridized carbons (Fsp3) is 0.294. The highest BCUT2D eigenvalue weighted by Gasteiger charge is 2.26. The zero-order valence-electron chi connectivity index (χ0n) is 13.6. The predicted octanol–water partition coefficient (Wildman–Crippen LogP) is 2.76. The van der Waals surface area contributed by atoms with Crippen molar-refractivity contribution in [3.05, 3.63) is 47.3 Å². The van der Waals surface area contributed by atoms with E-state index < -0.39 is 11.9 Å². The average Bonchev–Trinajstić information content (AvgIpc) is 2.92. The van der Waals surface area contributed by atoms with Crippen molar-refractivity contribution >= 4 is 11.9 Å². The third-order valence-electron chi connectivity index (χ3n) is 3.49. The quantitative estimate of drug-likeness (QED) is 0.793. The number of methoxy groups -OCH3 is 2. The molecule has 1 aromatic heterocycles. The molecule has 2 aromatic rings. The van der Waals surface area contributed by atoms with E-state index in [1.54, 1.807) is 43.9 Å². The molecule has 0 N–H and O–H groups in total.